The first kappa shape index (κ1) is 23.8. The third-order valence-corrected chi connectivity index (χ3v) is 6.48. The van der Waals surface area contributed by atoms with Crippen molar-refractivity contribution < 1.29 is 14.3 Å². The molecule has 1 unspecified atom stereocenters. The van der Waals surface area contributed by atoms with Gasteiger partial charge in [0, 0.05) is 12.6 Å². The first-order valence-electron chi connectivity index (χ1n) is 11.7. The Morgan fingerprint density at radius 1 is 1.06 bits per heavy atom. The minimum Gasteiger partial charge on any atom is -0.497 e. The van der Waals surface area contributed by atoms with Crippen molar-refractivity contribution in [3.63, 3.8) is 0 Å². The summed E-state index contributed by atoms with van der Waals surface area (Å²) in [6, 6.07) is 13.5. The van der Waals surface area contributed by atoms with Gasteiger partial charge in [0.25, 0.3) is 0 Å². The van der Waals surface area contributed by atoms with Gasteiger partial charge in [0.15, 0.2) is 0 Å². The lowest BCUT2D eigenvalue weighted by Gasteiger charge is -2.31. The number of benzene rings is 2. The Morgan fingerprint density at radius 2 is 1.75 bits per heavy atom. The van der Waals surface area contributed by atoms with Crippen LogP contribution in [0.25, 0.3) is 0 Å². The number of hydrogen-bond donors (Lipinski definition) is 1. The van der Waals surface area contributed by atoms with Crippen LogP contribution in [0, 0.1) is 13.8 Å². The standard InChI is InChI=1S/C27H36N2O3/c1-19-10-11-20(2)23(16-19)17-26(30)29(18-22-12-14-25(32-4)15-13-22)21(3)27(31)28-24-8-6-5-7-9-24/h10-16,21,24H,5-9,17-18H2,1-4H3,(H,28,31). The van der Waals surface area contributed by atoms with Gasteiger partial charge >= 0.3 is 0 Å². The van der Waals surface area contributed by atoms with Gasteiger partial charge in [0.1, 0.15) is 11.8 Å². The molecule has 5 heteroatoms. The number of amides is 2. The molecule has 0 aliphatic heterocycles. The molecule has 5 nitrogen and oxygen atoms in total. The van der Waals surface area contributed by atoms with Crippen LogP contribution in [0.15, 0.2) is 42.5 Å². The van der Waals surface area contributed by atoms with E-state index in [1.165, 1.54) is 6.42 Å². The average molecular weight is 437 g/mol. The van der Waals surface area contributed by atoms with Gasteiger partial charge < -0.3 is 15.0 Å². The van der Waals surface area contributed by atoms with Gasteiger partial charge in [-0.2, -0.15) is 0 Å². The Bertz CT molecular complexity index is 917. The zero-order valence-corrected chi connectivity index (χ0v) is 19.8. The number of ether oxygens (including phenoxy) is 1. The first-order chi connectivity index (χ1) is 15.4. The molecule has 0 spiro atoms. The predicted molar refractivity (Wildman–Crippen MR) is 128 cm³/mol. The third kappa shape index (κ3) is 6.35. The maximum absolute atomic E-state index is 13.5. The molecule has 1 atom stereocenters. The second-order valence-electron chi connectivity index (χ2n) is 9.00. The van der Waals surface area contributed by atoms with Crippen molar-refractivity contribution in [3.8, 4) is 5.75 Å². The molecule has 0 bridgehead atoms. The van der Waals surface area contributed by atoms with Gasteiger partial charge in [0.2, 0.25) is 11.8 Å². The normalized spacial score (nSPS) is 15.1. The molecule has 3 rings (SSSR count). The van der Waals surface area contributed by atoms with E-state index in [0.717, 1.165) is 53.7 Å². The molecule has 1 aliphatic rings. The second kappa shape index (κ2) is 11.2. The molecule has 0 aromatic heterocycles. The highest BCUT2D eigenvalue weighted by atomic mass is 16.5. The van der Waals surface area contributed by atoms with Crippen LogP contribution < -0.4 is 10.1 Å². The highest BCUT2D eigenvalue weighted by Gasteiger charge is 2.28. The third-order valence-electron chi connectivity index (χ3n) is 6.48. The maximum Gasteiger partial charge on any atom is 0.242 e. The number of aryl methyl sites for hydroxylation is 2. The lowest BCUT2D eigenvalue weighted by atomic mass is 9.95. The lowest BCUT2D eigenvalue weighted by Crippen LogP contribution is -2.50. The van der Waals surface area contributed by atoms with Gasteiger partial charge in [-0.1, -0.05) is 55.2 Å². The molecule has 1 fully saturated rings. The zero-order valence-electron chi connectivity index (χ0n) is 19.8. The molecular weight excluding hydrogens is 400 g/mol. The highest BCUT2D eigenvalue weighted by molar-refractivity contribution is 5.88. The first-order valence-corrected chi connectivity index (χ1v) is 11.7. The summed E-state index contributed by atoms with van der Waals surface area (Å²) >= 11 is 0. The number of rotatable bonds is 8. The average Bonchev–Trinajstić information content (AvgIpc) is 2.80. The van der Waals surface area contributed by atoms with E-state index in [1.54, 1.807) is 12.0 Å². The van der Waals surface area contributed by atoms with E-state index in [2.05, 4.69) is 17.4 Å². The molecule has 2 aromatic carbocycles. The van der Waals surface area contributed by atoms with E-state index in [0.29, 0.717) is 6.54 Å². The number of carbonyl (C=O) groups excluding carboxylic acids is 2. The minimum absolute atomic E-state index is 0.0409. The molecule has 2 aromatic rings. The summed E-state index contributed by atoms with van der Waals surface area (Å²) in [5.74, 6) is 0.658. The predicted octanol–water partition coefficient (Wildman–Crippen LogP) is 4.72. The van der Waals surface area contributed by atoms with Crippen LogP contribution in [-0.4, -0.2) is 35.9 Å². The van der Waals surface area contributed by atoms with Crippen molar-refractivity contribution in [2.75, 3.05) is 7.11 Å². The monoisotopic (exact) mass is 436 g/mol. The molecule has 1 saturated carbocycles. The molecular formula is C27H36N2O3. The van der Waals surface area contributed by atoms with E-state index >= 15 is 0 Å². The van der Waals surface area contributed by atoms with Crippen molar-refractivity contribution in [3.05, 3.63) is 64.7 Å². The Kier molecular flexibility index (Phi) is 8.32. The van der Waals surface area contributed by atoms with Crippen molar-refractivity contribution >= 4 is 11.8 Å². The highest BCUT2D eigenvalue weighted by Crippen LogP contribution is 2.20. The van der Waals surface area contributed by atoms with E-state index < -0.39 is 6.04 Å². The number of carbonyl (C=O) groups is 2. The molecule has 2 amide bonds. The summed E-state index contributed by atoms with van der Waals surface area (Å²) in [4.78, 5) is 28.3. The summed E-state index contributed by atoms with van der Waals surface area (Å²) in [5.41, 5.74) is 4.20. The van der Waals surface area contributed by atoms with E-state index in [1.807, 2.05) is 51.1 Å². The van der Waals surface area contributed by atoms with Gasteiger partial charge in [-0.15, -0.1) is 0 Å². The largest absolute Gasteiger partial charge is 0.497 e. The van der Waals surface area contributed by atoms with Crippen LogP contribution in [0.3, 0.4) is 0 Å². The summed E-state index contributed by atoms with van der Waals surface area (Å²) in [5, 5.41) is 3.19. The van der Waals surface area contributed by atoms with E-state index in [4.69, 9.17) is 4.74 Å². The Hall–Kier alpha value is -2.82. The number of nitrogens with zero attached hydrogens (tertiary/aromatic N) is 1. The lowest BCUT2D eigenvalue weighted by molar-refractivity contribution is -0.140. The van der Waals surface area contributed by atoms with Gasteiger partial charge in [-0.3, -0.25) is 9.59 Å². The topological polar surface area (TPSA) is 58.6 Å². The van der Waals surface area contributed by atoms with Crippen LogP contribution in [0.1, 0.15) is 61.3 Å². The van der Waals surface area contributed by atoms with Crippen LogP contribution in [0.2, 0.25) is 0 Å². The van der Waals surface area contributed by atoms with Crippen LogP contribution in [-0.2, 0) is 22.6 Å². The quantitative estimate of drug-likeness (QED) is 0.651. The Balaban J connectivity index is 1.79. The Morgan fingerprint density at radius 3 is 2.41 bits per heavy atom. The zero-order chi connectivity index (χ0) is 23.1. The fourth-order valence-electron chi connectivity index (χ4n) is 4.33. The summed E-state index contributed by atoms with van der Waals surface area (Å²) < 4.78 is 5.25. The van der Waals surface area contributed by atoms with Crippen molar-refractivity contribution in [2.45, 2.75) is 77.9 Å². The van der Waals surface area contributed by atoms with Gasteiger partial charge in [-0.05, 0) is 62.4 Å². The number of hydrogen-bond acceptors (Lipinski definition) is 3. The molecule has 172 valence electrons. The minimum atomic E-state index is -0.545. The molecule has 0 heterocycles. The van der Waals surface area contributed by atoms with E-state index in [-0.39, 0.29) is 24.3 Å². The number of nitrogens with one attached hydrogen (secondary N) is 1. The van der Waals surface area contributed by atoms with Crippen molar-refractivity contribution in [1.29, 1.82) is 0 Å². The second-order valence-corrected chi connectivity index (χ2v) is 9.00. The Labute approximate surface area is 192 Å². The fourth-order valence-corrected chi connectivity index (χ4v) is 4.33. The fraction of sp³-hybridized carbons (Fsp3) is 0.481. The molecule has 32 heavy (non-hydrogen) atoms. The van der Waals surface area contributed by atoms with Crippen LogP contribution >= 0.6 is 0 Å². The SMILES string of the molecule is COc1ccc(CN(C(=O)Cc2cc(C)ccc2C)C(C)C(=O)NC2CCCCC2)cc1. The molecule has 1 aliphatic carbocycles. The van der Waals surface area contributed by atoms with E-state index in [9.17, 15) is 9.59 Å². The maximum atomic E-state index is 13.5. The van der Waals surface area contributed by atoms with Crippen molar-refractivity contribution in [1.82, 2.24) is 10.2 Å². The number of methoxy groups -OCH3 is 1. The smallest absolute Gasteiger partial charge is 0.242 e. The summed E-state index contributed by atoms with van der Waals surface area (Å²) in [6.45, 7) is 6.27. The van der Waals surface area contributed by atoms with Crippen LogP contribution in [0.4, 0.5) is 0 Å². The van der Waals surface area contributed by atoms with Gasteiger partial charge in [-0.25, -0.2) is 0 Å². The molecule has 0 saturated heterocycles. The summed E-state index contributed by atoms with van der Waals surface area (Å²) in [6.07, 6.45) is 5.87. The van der Waals surface area contributed by atoms with Crippen molar-refractivity contribution in [2.24, 2.45) is 0 Å². The van der Waals surface area contributed by atoms with Crippen LogP contribution in [0.5, 0.6) is 5.75 Å². The van der Waals surface area contributed by atoms with Gasteiger partial charge in [0.05, 0.1) is 13.5 Å². The summed E-state index contributed by atoms with van der Waals surface area (Å²) in [7, 11) is 1.63. The molecule has 1 N–H and O–H groups in total. The molecule has 0 radical (unpaired) electrons.